The van der Waals surface area contributed by atoms with E-state index in [2.05, 4.69) is 21.2 Å². The molecule has 0 aliphatic heterocycles. The van der Waals surface area contributed by atoms with Crippen LogP contribution < -0.4 is 5.32 Å². The maximum atomic E-state index is 12.4. The van der Waals surface area contributed by atoms with Crippen LogP contribution in [0.2, 0.25) is 0 Å². The Morgan fingerprint density at radius 2 is 2.29 bits per heavy atom. The quantitative estimate of drug-likeness (QED) is 0.823. The van der Waals surface area contributed by atoms with Crippen LogP contribution in [-0.2, 0) is 16.6 Å². The van der Waals surface area contributed by atoms with E-state index in [1.165, 1.54) is 18.4 Å². The summed E-state index contributed by atoms with van der Waals surface area (Å²) in [4.78, 5) is 24.8. The molecule has 2 rings (SSSR count). The topological polar surface area (TPSA) is 60.3 Å². The number of halogens is 1. The summed E-state index contributed by atoms with van der Waals surface area (Å²) in [5.41, 5.74) is 0.522. The van der Waals surface area contributed by atoms with Crippen LogP contribution in [0.4, 0.5) is 0 Å². The number of amides is 1. The number of thiophene rings is 1. The van der Waals surface area contributed by atoms with E-state index in [0.717, 1.165) is 9.35 Å². The maximum absolute atomic E-state index is 12.4. The standard InChI is InChI=1S/C14H15BrN2O3S/c1-17-8-9(15)6-11(17)14(19)16-10(7-13(18)20-2)12-4-3-5-21-12/h3-6,8,10H,7H2,1-2H3,(H,16,19). The van der Waals surface area contributed by atoms with Gasteiger partial charge in [0.15, 0.2) is 0 Å². The molecule has 0 aliphatic rings. The zero-order valence-electron chi connectivity index (χ0n) is 11.6. The fourth-order valence-electron chi connectivity index (χ4n) is 1.94. The van der Waals surface area contributed by atoms with E-state index in [4.69, 9.17) is 4.74 Å². The summed E-state index contributed by atoms with van der Waals surface area (Å²) in [5, 5.41) is 4.79. The summed E-state index contributed by atoms with van der Waals surface area (Å²) in [6.07, 6.45) is 1.91. The molecule has 5 nitrogen and oxygen atoms in total. The lowest BCUT2D eigenvalue weighted by atomic mass is 10.1. The molecule has 0 bridgehead atoms. The number of nitrogens with one attached hydrogen (secondary N) is 1. The Labute approximate surface area is 135 Å². The lowest BCUT2D eigenvalue weighted by molar-refractivity contribution is -0.141. The van der Waals surface area contributed by atoms with E-state index in [9.17, 15) is 9.59 Å². The van der Waals surface area contributed by atoms with E-state index >= 15 is 0 Å². The van der Waals surface area contributed by atoms with Crippen molar-refractivity contribution in [1.82, 2.24) is 9.88 Å². The number of carbonyl (C=O) groups excluding carboxylic acids is 2. The minimum absolute atomic E-state index is 0.106. The lowest BCUT2D eigenvalue weighted by Crippen LogP contribution is -2.31. The summed E-state index contributed by atoms with van der Waals surface area (Å²) in [6.45, 7) is 0. The molecule has 112 valence electrons. The molecule has 2 aromatic rings. The van der Waals surface area contributed by atoms with Crippen LogP contribution in [0.5, 0.6) is 0 Å². The Morgan fingerprint density at radius 3 is 2.81 bits per heavy atom. The molecule has 1 amide bonds. The zero-order chi connectivity index (χ0) is 15.4. The molecule has 0 saturated heterocycles. The van der Waals surface area contributed by atoms with Gasteiger partial charge >= 0.3 is 5.97 Å². The highest BCUT2D eigenvalue weighted by atomic mass is 79.9. The van der Waals surface area contributed by atoms with Crippen LogP contribution in [0.25, 0.3) is 0 Å². The largest absolute Gasteiger partial charge is 0.469 e. The Morgan fingerprint density at radius 1 is 1.52 bits per heavy atom. The molecule has 0 fully saturated rings. The van der Waals surface area contributed by atoms with Crippen LogP contribution in [-0.4, -0.2) is 23.6 Å². The number of aryl methyl sites for hydroxylation is 1. The van der Waals surface area contributed by atoms with Crippen LogP contribution in [0.3, 0.4) is 0 Å². The van der Waals surface area contributed by atoms with E-state index in [1.807, 2.05) is 17.5 Å². The summed E-state index contributed by atoms with van der Waals surface area (Å²) >= 11 is 4.83. The number of hydrogen-bond acceptors (Lipinski definition) is 4. The van der Waals surface area contributed by atoms with Crippen molar-refractivity contribution in [3.8, 4) is 0 Å². The van der Waals surface area contributed by atoms with Gasteiger partial charge < -0.3 is 14.6 Å². The van der Waals surface area contributed by atoms with Gasteiger partial charge in [0.05, 0.1) is 19.6 Å². The van der Waals surface area contributed by atoms with Gasteiger partial charge in [0, 0.05) is 22.6 Å². The second kappa shape index (κ2) is 6.91. The minimum atomic E-state index is -0.390. The van der Waals surface area contributed by atoms with E-state index < -0.39 is 6.04 Å². The van der Waals surface area contributed by atoms with Crippen LogP contribution in [0.15, 0.2) is 34.2 Å². The average molecular weight is 371 g/mol. The Balaban J connectivity index is 2.17. The van der Waals surface area contributed by atoms with Crippen molar-refractivity contribution in [2.75, 3.05) is 7.11 Å². The number of esters is 1. The van der Waals surface area contributed by atoms with Gasteiger partial charge in [-0.3, -0.25) is 9.59 Å². The number of carbonyl (C=O) groups is 2. The number of ether oxygens (including phenoxy) is 1. The fraction of sp³-hybridized carbons (Fsp3) is 0.286. The van der Waals surface area contributed by atoms with Crippen molar-refractivity contribution in [2.24, 2.45) is 7.05 Å². The van der Waals surface area contributed by atoms with Crippen molar-refractivity contribution < 1.29 is 14.3 Å². The molecule has 7 heteroatoms. The Bertz CT molecular complexity index is 637. The molecule has 21 heavy (non-hydrogen) atoms. The summed E-state index contributed by atoms with van der Waals surface area (Å²) in [6, 6.07) is 5.12. The van der Waals surface area contributed by atoms with E-state index in [1.54, 1.807) is 23.9 Å². The summed E-state index contributed by atoms with van der Waals surface area (Å²) < 4.78 is 7.25. The molecule has 0 spiro atoms. The normalized spacial score (nSPS) is 12.0. The van der Waals surface area contributed by atoms with Gasteiger partial charge in [-0.05, 0) is 33.4 Å². The molecule has 1 unspecified atom stereocenters. The molecule has 0 radical (unpaired) electrons. The monoisotopic (exact) mass is 370 g/mol. The smallest absolute Gasteiger partial charge is 0.307 e. The first-order valence-corrected chi connectivity index (χ1v) is 7.91. The van der Waals surface area contributed by atoms with Gasteiger partial charge in [-0.25, -0.2) is 0 Å². The molecule has 1 atom stereocenters. The van der Waals surface area contributed by atoms with Crippen molar-refractivity contribution in [1.29, 1.82) is 0 Å². The highest BCUT2D eigenvalue weighted by Gasteiger charge is 2.21. The van der Waals surface area contributed by atoms with E-state index in [0.29, 0.717) is 5.69 Å². The molecule has 0 aromatic carbocycles. The number of hydrogen-bond donors (Lipinski definition) is 1. The third-order valence-corrected chi connectivity index (χ3v) is 4.41. The second-order valence-electron chi connectivity index (χ2n) is 4.48. The third kappa shape index (κ3) is 3.95. The molecule has 0 aliphatic carbocycles. The number of rotatable bonds is 5. The molecular weight excluding hydrogens is 356 g/mol. The summed E-state index contributed by atoms with van der Waals surface area (Å²) in [5.74, 6) is -0.590. The zero-order valence-corrected chi connectivity index (χ0v) is 14.0. The van der Waals surface area contributed by atoms with Crippen molar-refractivity contribution in [3.05, 3.63) is 44.8 Å². The van der Waals surface area contributed by atoms with Crippen LogP contribution >= 0.6 is 27.3 Å². The molecule has 2 aromatic heterocycles. The number of aromatic nitrogens is 1. The predicted octanol–water partition coefficient (Wildman–Crippen LogP) is 2.88. The number of methoxy groups -OCH3 is 1. The predicted molar refractivity (Wildman–Crippen MR) is 84.3 cm³/mol. The first-order chi connectivity index (χ1) is 10.0. The van der Waals surface area contributed by atoms with Gasteiger partial charge in [0.2, 0.25) is 0 Å². The fourth-order valence-corrected chi connectivity index (χ4v) is 3.25. The second-order valence-corrected chi connectivity index (χ2v) is 6.37. The van der Waals surface area contributed by atoms with Gasteiger partial charge in [0.25, 0.3) is 5.91 Å². The Hall–Kier alpha value is -1.60. The molecule has 1 N–H and O–H groups in total. The third-order valence-electron chi connectivity index (χ3n) is 2.99. The maximum Gasteiger partial charge on any atom is 0.307 e. The van der Waals surface area contributed by atoms with Crippen molar-refractivity contribution in [2.45, 2.75) is 12.5 Å². The Kier molecular flexibility index (Phi) is 5.19. The van der Waals surface area contributed by atoms with Crippen molar-refractivity contribution in [3.63, 3.8) is 0 Å². The lowest BCUT2D eigenvalue weighted by Gasteiger charge is -2.16. The minimum Gasteiger partial charge on any atom is -0.469 e. The van der Waals surface area contributed by atoms with E-state index in [-0.39, 0.29) is 18.3 Å². The van der Waals surface area contributed by atoms with Gasteiger partial charge in [-0.2, -0.15) is 0 Å². The van der Waals surface area contributed by atoms with Gasteiger partial charge in [-0.1, -0.05) is 6.07 Å². The molecule has 0 saturated carbocycles. The average Bonchev–Trinajstić information content (AvgIpc) is 3.07. The highest BCUT2D eigenvalue weighted by molar-refractivity contribution is 9.10. The van der Waals surface area contributed by atoms with Gasteiger partial charge in [0.1, 0.15) is 5.69 Å². The summed E-state index contributed by atoms with van der Waals surface area (Å²) in [7, 11) is 3.13. The highest BCUT2D eigenvalue weighted by Crippen LogP contribution is 2.23. The van der Waals surface area contributed by atoms with Crippen molar-refractivity contribution >= 4 is 39.1 Å². The first kappa shape index (κ1) is 15.8. The SMILES string of the molecule is COC(=O)CC(NC(=O)c1cc(Br)cn1C)c1cccs1. The molecular formula is C14H15BrN2O3S. The van der Waals surface area contributed by atoms with Gasteiger partial charge in [-0.15, -0.1) is 11.3 Å². The first-order valence-electron chi connectivity index (χ1n) is 6.24. The van der Waals surface area contributed by atoms with Crippen LogP contribution in [0, 0.1) is 0 Å². The number of nitrogens with zero attached hydrogens (tertiary/aromatic N) is 1. The van der Waals surface area contributed by atoms with Crippen LogP contribution in [0.1, 0.15) is 27.8 Å². The molecule has 2 heterocycles.